The van der Waals surface area contributed by atoms with E-state index in [9.17, 15) is 4.79 Å². The molecule has 3 aromatic rings. The van der Waals surface area contributed by atoms with Gasteiger partial charge in [0.05, 0.1) is 0 Å². The summed E-state index contributed by atoms with van der Waals surface area (Å²) in [6.07, 6.45) is 5.35. The Labute approximate surface area is 165 Å². The predicted molar refractivity (Wildman–Crippen MR) is 112 cm³/mol. The van der Waals surface area contributed by atoms with Crippen LogP contribution in [0.25, 0.3) is 11.1 Å². The van der Waals surface area contributed by atoms with E-state index in [1.807, 2.05) is 61.8 Å². The number of benzene rings is 2. The first-order valence-electron chi connectivity index (χ1n) is 9.69. The number of piperidine rings is 1. The molecule has 0 spiro atoms. The molecule has 0 unspecified atom stereocenters. The van der Waals surface area contributed by atoms with E-state index in [-0.39, 0.29) is 11.8 Å². The average molecular weight is 372 g/mol. The van der Waals surface area contributed by atoms with E-state index in [0.29, 0.717) is 0 Å². The zero-order valence-corrected chi connectivity index (χ0v) is 16.0. The van der Waals surface area contributed by atoms with E-state index in [2.05, 4.69) is 32.3 Å². The van der Waals surface area contributed by atoms with Crippen molar-refractivity contribution in [3.05, 3.63) is 72.6 Å². The molecule has 5 nitrogen and oxygen atoms in total. The first-order valence-corrected chi connectivity index (χ1v) is 9.69. The lowest BCUT2D eigenvalue weighted by Crippen LogP contribution is -2.39. The molecule has 0 saturated carbocycles. The Bertz CT molecular complexity index is 915. The normalized spacial score (nSPS) is 14.7. The Kier molecular flexibility index (Phi) is 5.33. The van der Waals surface area contributed by atoms with Crippen molar-refractivity contribution >= 4 is 17.5 Å². The number of rotatable bonds is 4. The summed E-state index contributed by atoms with van der Waals surface area (Å²) in [7, 11) is 0. The van der Waals surface area contributed by atoms with Crippen molar-refractivity contribution < 1.29 is 4.79 Å². The molecule has 1 N–H and O–H groups in total. The maximum atomic E-state index is 12.5. The van der Waals surface area contributed by atoms with Gasteiger partial charge in [0.2, 0.25) is 11.9 Å². The van der Waals surface area contributed by atoms with Crippen LogP contribution in [0, 0.1) is 12.8 Å². The summed E-state index contributed by atoms with van der Waals surface area (Å²) in [6.45, 7) is 3.61. The van der Waals surface area contributed by atoms with Gasteiger partial charge in [0.15, 0.2) is 0 Å². The highest BCUT2D eigenvalue weighted by molar-refractivity contribution is 5.92. The number of aromatic nitrogens is 2. The van der Waals surface area contributed by atoms with Crippen LogP contribution in [0.15, 0.2) is 67.0 Å². The lowest BCUT2D eigenvalue weighted by Gasteiger charge is -2.31. The second kappa shape index (κ2) is 8.21. The molecule has 28 heavy (non-hydrogen) atoms. The number of aryl methyl sites for hydroxylation is 1. The zero-order chi connectivity index (χ0) is 19.3. The van der Waals surface area contributed by atoms with Gasteiger partial charge in [0.1, 0.15) is 0 Å². The van der Waals surface area contributed by atoms with Crippen LogP contribution >= 0.6 is 0 Å². The van der Waals surface area contributed by atoms with Gasteiger partial charge < -0.3 is 10.2 Å². The molecule has 4 rings (SSSR count). The van der Waals surface area contributed by atoms with E-state index in [0.717, 1.165) is 48.7 Å². The summed E-state index contributed by atoms with van der Waals surface area (Å²) in [5.41, 5.74) is 4.17. The maximum Gasteiger partial charge on any atom is 0.227 e. The van der Waals surface area contributed by atoms with E-state index in [4.69, 9.17) is 0 Å². The second-order valence-corrected chi connectivity index (χ2v) is 7.25. The Morgan fingerprint density at radius 2 is 1.57 bits per heavy atom. The van der Waals surface area contributed by atoms with Gasteiger partial charge in [-0.15, -0.1) is 0 Å². The summed E-state index contributed by atoms with van der Waals surface area (Å²) in [6, 6.07) is 18.0. The van der Waals surface area contributed by atoms with Crippen molar-refractivity contribution in [3.8, 4) is 11.1 Å². The fraction of sp³-hybridized carbons (Fsp3) is 0.261. The number of hydrogen-bond acceptors (Lipinski definition) is 4. The van der Waals surface area contributed by atoms with Crippen LogP contribution in [0.1, 0.15) is 18.4 Å². The number of nitrogens with zero attached hydrogens (tertiary/aromatic N) is 3. The summed E-state index contributed by atoms with van der Waals surface area (Å²) in [5.74, 6) is 0.863. The number of carbonyl (C=O) groups excluding carboxylic acids is 1. The second-order valence-electron chi connectivity index (χ2n) is 7.25. The Morgan fingerprint density at radius 1 is 0.929 bits per heavy atom. The minimum absolute atomic E-state index is 0.0288. The van der Waals surface area contributed by atoms with E-state index in [1.54, 1.807) is 0 Å². The Hall–Kier alpha value is -3.21. The molecule has 1 aromatic heterocycles. The lowest BCUT2D eigenvalue weighted by atomic mass is 9.96. The summed E-state index contributed by atoms with van der Waals surface area (Å²) in [5, 5.41) is 3.03. The number of anilines is 2. The van der Waals surface area contributed by atoms with Gasteiger partial charge in [-0.2, -0.15) is 0 Å². The van der Waals surface area contributed by atoms with E-state index in [1.165, 1.54) is 5.56 Å². The molecule has 2 heterocycles. The lowest BCUT2D eigenvalue weighted by molar-refractivity contribution is -0.120. The molecule has 0 aliphatic carbocycles. The number of amides is 1. The quantitative estimate of drug-likeness (QED) is 0.741. The Morgan fingerprint density at radius 3 is 2.21 bits per heavy atom. The van der Waals surface area contributed by atoms with Crippen molar-refractivity contribution in [1.82, 2.24) is 9.97 Å². The first kappa shape index (κ1) is 18.2. The van der Waals surface area contributed by atoms with Crippen LogP contribution in [-0.2, 0) is 4.79 Å². The van der Waals surface area contributed by atoms with Crippen LogP contribution < -0.4 is 10.2 Å². The maximum absolute atomic E-state index is 12.5. The molecule has 2 aromatic carbocycles. The van der Waals surface area contributed by atoms with E-state index < -0.39 is 0 Å². The average Bonchev–Trinajstić information content (AvgIpc) is 2.76. The van der Waals surface area contributed by atoms with Gasteiger partial charge in [-0.1, -0.05) is 48.0 Å². The molecule has 1 amide bonds. The van der Waals surface area contributed by atoms with E-state index >= 15 is 0 Å². The molecule has 1 saturated heterocycles. The summed E-state index contributed by atoms with van der Waals surface area (Å²) < 4.78 is 0. The molecular weight excluding hydrogens is 348 g/mol. The van der Waals surface area contributed by atoms with Crippen LogP contribution in [0.5, 0.6) is 0 Å². The molecule has 1 fully saturated rings. The van der Waals surface area contributed by atoms with Crippen molar-refractivity contribution in [2.24, 2.45) is 5.92 Å². The number of carbonyl (C=O) groups is 1. The highest BCUT2D eigenvalue weighted by atomic mass is 16.1. The standard InChI is InChI=1S/C23H24N4O/c1-17-7-9-21(10-8-17)26-22(28)19-11-13-27(14-12-19)23-24-15-20(16-25-23)18-5-3-2-4-6-18/h2-10,15-16,19H,11-14H2,1H3,(H,26,28). The molecular formula is C23H24N4O. The summed E-state index contributed by atoms with van der Waals surface area (Å²) in [4.78, 5) is 23.8. The molecule has 0 bridgehead atoms. The van der Waals surface area contributed by atoms with Crippen molar-refractivity contribution in [2.75, 3.05) is 23.3 Å². The fourth-order valence-electron chi connectivity index (χ4n) is 3.49. The van der Waals surface area contributed by atoms with Crippen molar-refractivity contribution in [3.63, 3.8) is 0 Å². The largest absolute Gasteiger partial charge is 0.341 e. The van der Waals surface area contributed by atoms with Gasteiger partial charge in [0, 0.05) is 42.7 Å². The monoisotopic (exact) mass is 372 g/mol. The van der Waals surface area contributed by atoms with Gasteiger partial charge in [0.25, 0.3) is 0 Å². The van der Waals surface area contributed by atoms with Crippen LogP contribution in [0.2, 0.25) is 0 Å². The van der Waals surface area contributed by atoms with Crippen LogP contribution in [0.3, 0.4) is 0 Å². The van der Waals surface area contributed by atoms with Crippen molar-refractivity contribution in [2.45, 2.75) is 19.8 Å². The number of nitrogens with one attached hydrogen (secondary N) is 1. The third-order valence-corrected chi connectivity index (χ3v) is 5.21. The fourth-order valence-corrected chi connectivity index (χ4v) is 3.49. The van der Waals surface area contributed by atoms with Gasteiger partial charge in [-0.05, 0) is 37.5 Å². The first-order chi connectivity index (χ1) is 13.7. The molecule has 0 radical (unpaired) electrons. The SMILES string of the molecule is Cc1ccc(NC(=O)C2CCN(c3ncc(-c4ccccc4)cn3)CC2)cc1. The predicted octanol–water partition coefficient (Wildman–Crippen LogP) is 4.31. The van der Waals surface area contributed by atoms with Gasteiger partial charge in [-0.25, -0.2) is 9.97 Å². The molecule has 142 valence electrons. The number of hydrogen-bond donors (Lipinski definition) is 1. The van der Waals surface area contributed by atoms with Crippen LogP contribution in [-0.4, -0.2) is 29.0 Å². The van der Waals surface area contributed by atoms with Crippen LogP contribution in [0.4, 0.5) is 11.6 Å². The minimum atomic E-state index is 0.0288. The summed E-state index contributed by atoms with van der Waals surface area (Å²) >= 11 is 0. The molecule has 0 atom stereocenters. The molecule has 5 heteroatoms. The Balaban J connectivity index is 1.33. The molecule has 1 aliphatic rings. The highest BCUT2D eigenvalue weighted by Crippen LogP contribution is 2.24. The third-order valence-electron chi connectivity index (χ3n) is 5.21. The third kappa shape index (κ3) is 4.19. The molecule has 1 aliphatic heterocycles. The van der Waals surface area contributed by atoms with Gasteiger partial charge in [-0.3, -0.25) is 4.79 Å². The minimum Gasteiger partial charge on any atom is -0.341 e. The van der Waals surface area contributed by atoms with Crippen molar-refractivity contribution in [1.29, 1.82) is 0 Å². The smallest absolute Gasteiger partial charge is 0.227 e. The van der Waals surface area contributed by atoms with Gasteiger partial charge >= 0.3 is 0 Å². The highest BCUT2D eigenvalue weighted by Gasteiger charge is 2.26. The topological polar surface area (TPSA) is 58.1 Å². The zero-order valence-electron chi connectivity index (χ0n) is 16.0.